The molecule has 0 unspecified atom stereocenters. The first-order valence-corrected chi connectivity index (χ1v) is 11.3. The number of fused-ring (bicyclic) bond motifs is 5. The second-order valence-electron chi connectivity index (χ2n) is 9.37. The highest BCUT2D eigenvalue weighted by Gasteiger charge is 2.53. The van der Waals surface area contributed by atoms with Crippen LogP contribution in [-0.2, 0) is 6.42 Å². The van der Waals surface area contributed by atoms with Gasteiger partial charge in [0.25, 0.3) is 0 Å². The van der Waals surface area contributed by atoms with Crippen molar-refractivity contribution in [3.63, 3.8) is 0 Å². The minimum absolute atomic E-state index is 0.191. The minimum Gasteiger partial charge on any atom is -0.508 e. The molecule has 2 aromatic rings. The van der Waals surface area contributed by atoms with Crippen LogP contribution in [0.1, 0.15) is 61.6 Å². The molecule has 2 aromatic carbocycles. The molecule has 0 radical (unpaired) electrons. The average molecular weight is 399 g/mol. The van der Waals surface area contributed by atoms with Gasteiger partial charge in [-0.15, -0.1) is 0 Å². The Kier molecular flexibility index (Phi) is 5.06. The maximum atomic E-state index is 9.86. The molecule has 0 spiro atoms. The standard InChI is InChI=1S/C27H30N2O/c1-27-16-15-23-22-12-10-21(30)18-20(22)9-11-24(23)25(27)13-14-26(27)29-28-17-5-8-19-6-3-2-4-7-19/h2-8,10,12,17-18,23-25,30H,9,11,13-16H2,1H3/b8-5+,28-17-,29-26-/t23-,24-,25-,27-/m0/s1. The zero-order chi connectivity index (χ0) is 20.6. The molecule has 0 amide bonds. The predicted octanol–water partition coefficient (Wildman–Crippen LogP) is 6.39. The van der Waals surface area contributed by atoms with Crippen molar-refractivity contribution in [3.8, 4) is 5.75 Å². The lowest BCUT2D eigenvalue weighted by molar-refractivity contribution is 0.0955. The van der Waals surface area contributed by atoms with Gasteiger partial charge in [-0.05, 0) is 91.2 Å². The Hall–Kier alpha value is -2.68. The highest BCUT2D eigenvalue weighted by molar-refractivity contribution is 5.93. The van der Waals surface area contributed by atoms with Crippen molar-refractivity contribution >= 4 is 18.0 Å². The van der Waals surface area contributed by atoms with E-state index in [1.54, 1.807) is 0 Å². The molecule has 2 saturated carbocycles. The maximum Gasteiger partial charge on any atom is 0.115 e. The van der Waals surface area contributed by atoms with Crippen molar-refractivity contribution in [2.45, 2.75) is 51.4 Å². The van der Waals surface area contributed by atoms with E-state index < -0.39 is 0 Å². The van der Waals surface area contributed by atoms with Gasteiger partial charge in [-0.2, -0.15) is 10.2 Å². The lowest BCUT2D eigenvalue weighted by Crippen LogP contribution is -2.42. The lowest BCUT2D eigenvalue weighted by atomic mass is 9.55. The van der Waals surface area contributed by atoms with Gasteiger partial charge in [-0.3, -0.25) is 0 Å². The molecular formula is C27H30N2O. The van der Waals surface area contributed by atoms with Crippen LogP contribution >= 0.6 is 0 Å². The summed E-state index contributed by atoms with van der Waals surface area (Å²) in [5.74, 6) is 2.48. The van der Waals surface area contributed by atoms with Crippen LogP contribution in [0.2, 0.25) is 0 Å². The number of hydrogen-bond donors (Lipinski definition) is 1. The van der Waals surface area contributed by atoms with Crippen molar-refractivity contribution in [1.82, 2.24) is 0 Å². The Morgan fingerprint density at radius 3 is 2.77 bits per heavy atom. The minimum atomic E-state index is 0.191. The second kappa shape index (κ2) is 7.86. The summed E-state index contributed by atoms with van der Waals surface area (Å²) in [6.07, 6.45) is 12.9. The van der Waals surface area contributed by atoms with E-state index >= 15 is 0 Å². The van der Waals surface area contributed by atoms with Crippen LogP contribution in [-0.4, -0.2) is 17.0 Å². The van der Waals surface area contributed by atoms with Gasteiger partial charge in [0.05, 0.1) is 0 Å². The molecular weight excluding hydrogens is 368 g/mol. The molecule has 3 aliphatic carbocycles. The first-order chi connectivity index (χ1) is 14.6. The van der Waals surface area contributed by atoms with Gasteiger partial charge in [0.15, 0.2) is 0 Å². The van der Waals surface area contributed by atoms with Crippen LogP contribution in [0.3, 0.4) is 0 Å². The molecule has 5 rings (SSSR count). The van der Waals surface area contributed by atoms with E-state index in [9.17, 15) is 5.11 Å². The molecule has 2 fully saturated rings. The normalized spacial score (nSPS) is 31.8. The van der Waals surface area contributed by atoms with Crippen molar-refractivity contribution in [2.24, 2.45) is 27.5 Å². The molecule has 0 aliphatic heterocycles. The summed E-state index contributed by atoms with van der Waals surface area (Å²) in [6.45, 7) is 2.43. The van der Waals surface area contributed by atoms with E-state index in [1.807, 2.05) is 42.6 Å². The third-order valence-electron chi connectivity index (χ3n) is 7.87. The molecule has 0 saturated heterocycles. The topological polar surface area (TPSA) is 45.0 Å². The van der Waals surface area contributed by atoms with E-state index in [2.05, 4.69) is 36.3 Å². The highest BCUT2D eigenvalue weighted by Crippen LogP contribution is 2.60. The summed E-state index contributed by atoms with van der Waals surface area (Å²) in [5, 5.41) is 19.0. The third-order valence-corrected chi connectivity index (χ3v) is 7.87. The Labute approximate surface area is 179 Å². The molecule has 0 heterocycles. The first kappa shape index (κ1) is 19.3. The fourth-order valence-electron chi connectivity index (χ4n) is 6.38. The van der Waals surface area contributed by atoms with Crippen LogP contribution in [0.4, 0.5) is 0 Å². The fraction of sp³-hybridized carbons (Fsp3) is 0.407. The molecule has 0 aromatic heterocycles. The summed E-state index contributed by atoms with van der Waals surface area (Å²) in [6, 6.07) is 16.3. The molecule has 1 N–H and O–H groups in total. The summed E-state index contributed by atoms with van der Waals surface area (Å²) < 4.78 is 0. The van der Waals surface area contributed by atoms with Crippen molar-refractivity contribution in [1.29, 1.82) is 0 Å². The quantitative estimate of drug-likeness (QED) is 0.472. The Morgan fingerprint density at radius 1 is 1.03 bits per heavy atom. The van der Waals surface area contributed by atoms with Crippen LogP contribution in [0.5, 0.6) is 5.75 Å². The number of allylic oxidation sites excluding steroid dienone is 1. The zero-order valence-electron chi connectivity index (χ0n) is 17.7. The van der Waals surface area contributed by atoms with Crippen LogP contribution in [0.25, 0.3) is 6.08 Å². The van der Waals surface area contributed by atoms with Crippen molar-refractivity contribution < 1.29 is 5.11 Å². The summed E-state index contributed by atoms with van der Waals surface area (Å²) in [7, 11) is 0. The van der Waals surface area contributed by atoms with E-state index in [0.29, 0.717) is 17.6 Å². The summed E-state index contributed by atoms with van der Waals surface area (Å²) >= 11 is 0. The molecule has 30 heavy (non-hydrogen) atoms. The van der Waals surface area contributed by atoms with Gasteiger partial charge in [0.1, 0.15) is 5.75 Å². The number of aromatic hydroxyl groups is 1. The van der Waals surface area contributed by atoms with E-state index in [4.69, 9.17) is 5.10 Å². The molecule has 3 aliphatic rings. The molecule has 3 nitrogen and oxygen atoms in total. The summed E-state index contributed by atoms with van der Waals surface area (Å²) in [5.41, 5.74) is 5.51. The van der Waals surface area contributed by atoms with Crippen molar-refractivity contribution in [2.75, 3.05) is 0 Å². The maximum absolute atomic E-state index is 9.86. The van der Waals surface area contributed by atoms with Crippen LogP contribution < -0.4 is 0 Å². The molecule has 154 valence electrons. The number of hydrogen-bond acceptors (Lipinski definition) is 3. The Bertz CT molecular complexity index is 1010. The van der Waals surface area contributed by atoms with Gasteiger partial charge in [0, 0.05) is 17.3 Å². The number of benzene rings is 2. The van der Waals surface area contributed by atoms with Crippen molar-refractivity contribution in [3.05, 3.63) is 71.3 Å². The molecule has 3 heteroatoms. The molecule has 0 bridgehead atoms. The number of nitrogens with zero attached hydrogens (tertiary/aromatic N) is 2. The SMILES string of the molecule is C[C@]12CC[C@H]3c4ccc(O)cc4CC[C@@H]3[C@@H]1CC/C2=N/N=C\C=C\c1ccccc1. The predicted molar refractivity (Wildman–Crippen MR) is 124 cm³/mol. The molecule has 4 atom stereocenters. The smallest absolute Gasteiger partial charge is 0.115 e. The highest BCUT2D eigenvalue weighted by atomic mass is 16.3. The zero-order valence-corrected chi connectivity index (χ0v) is 17.7. The van der Waals surface area contributed by atoms with Gasteiger partial charge >= 0.3 is 0 Å². The largest absolute Gasteiger partial charge is 0.508 e. The Balaban J connectivity index is 1.32. The number of aryl methyl sites for hydroxylation is 1. The first-order valence-electron chi connectivity index (χ1n) is 11.3. The lowest BCUT2D eigenvalue weighted by Gasteiger charge is -2.49. The van der Waals surface area contributed by atoms with Gasteiger partial charge in [0.2, 0.25) is 0 Å². The van der Waals surface area contributed by atoms with Gasteiger partial charge < -0.3 is 5.11 Å². The average Bonchev–Trinajstić information content (AvgIpc) is 3.10. The van der Waals surface area contributed by atoms with E-state index in [-0.39, 0.29) is 5.41 Å². The van der Waals surface area contributed by atoms with Gasteiger partial charge in [-0.25, -0.2) is 0 Å². The monoisotopic (exact) mass is 398 g/mol. The number of phenolic OH excluding ortho intramolecular Hbond substituents is 1. The van der Waals surface area contributed by atoms with Crippen LogP contribution in [0.15, 0.2) is 64.8 Å². The third kappa shape index (κ3) is 3.40. The van der Waals surface area contributed by atoms with Gasteiger partial charge in [-0.1, -0.05) is 49.4 Å². The van der Waals surface area contributed by atoms with E-state index in [1.165, 1.54) is 48.1 Å². The second-order valence-corrected chi connectivity index (χ2v) is 9.37. The Morgan fingerprint density at radius 2 is 1.90 bits per heavy atom. The fourth-order valence-corrected chi connectivity index (χ4v) is 6.38. The number of rotatable bonds is 3. The summed E-state index contributed by atoms with van der Waals surface area (Å²) in [4.78, 5) is 0. The van der Waals surface area contributed by atoms with E-state index in [0.717, 1.165) is 18.8 Å². The van der Waals surface area contributed by atoms with Crippen LogP contribution in [0, 0.1) is 17.3 Å². The number of phenols is 1.